The minimum atomic E-state index is -0.291. The maximum atomic E-state index is 13.1. The first kappa shape index (κ1) is 19.8. The molecule has 3 aromatic rings. The third-order valence-electron chi connectivity index (χ3n) is 4.53. The van der Waals surface area contributed by atoms with Crippen LogP contribution in [0.2, 0.25) is 5.02 Å². The van der Waals surface area contributed by atoms with E-state index in [1.165, 1.54) is 12.1 Å². The SMILES string of the molecule is Cl.Fc1ccc(-c2noc(CN3CCNCC3c3ccccc3Cl)n2)cc1. The van der Waals surface area contributed by atoms with Gasteiger partial charge in [0.2, 0.25) is 11.7 Å². The first-order valence-corrected chi connectivity index (χ1v) is 8.86. The Hall–Kier alpha value is -1.99. The van der Waals surface area contributed by atoms with Crippen LogP contribution < -0.4 is 5.32 Å². The number of benzene rings is 2. The van der Waals surface area contributed by atoms with Gasteiger partial charge in [0.1, 0.15) is 5.82 Å². The van der Waals surface area contributed by atoms with Gasteiger partial charge in [-0.3, -0.25) is 4.90 Å². The van der Waals surface area contributed by atoms with Crippen LogP contribution in [0.15, 0.2) is 53.1 Å². The molecule has 1 aliphatic heterocycles. The zero-order valence-electron chi connectivity index (χ0n) is 14.4. The molecule has 142 valence electrons. The minimum Gasteiger partial charge on any atom is -0.338 e. The predicted molar refractivity (Wildman–Crippen MR) is 104 cm³/mol. The molecule has 0 amide bonds. The Bertz CT molecular complexity index is 887. The molecule has 1 aliphatic rings. The van der Waals surface area contributed by atoms with Crippen LogP contribution in [0.3, 0.4) is 0 Å². The summed E-state index contributed by atoms with van der Waals surface area (Å²) in [6, 6.07) is 14.1. The monoisotopic (exact) mass is 408 g/mol. The van der Waals surface area contributed by atoms with Gasteiger partial charge in [0.25, 0.3) is 0 Å². The molecule has 1 unspecified atom stereocenters. The van der Waals surface area contributed by atoms with Gasteiger partial charge in [0.15, 0.2) is 0 Å². The van der Waals surface area contributed by atoms with Crippen molar-refractivity contribution in [2.45, 2.75) is 12.6 Å². The Morgan fingerprint density at radius 2 is 1.96 bits per heavy atom. The molecule has 0 radical (unpaired) electrons. The Kier molecular flexibility index (Phi) is 6.44. The van der Waals surface area contributed by atoms with Crippen LogP contribution in [0.25, 0.3) is 11.4 Å². The van der Waals surface area contributed by atoms with Gasteiger partial charge in [-0.2, -0.15) is 4.98 Å². The largest absolute Gasteiger partial charge is 0.338 e. The van der Waals surface area contributed by atoms with Crippen LogP contribution >= 0.6 is 24.0 Å². The predicted octanol–water partition coefficient (Wildman–Crippen LogP) is 4.10. The highest BCUT2D eigenvalue weighted by atomic mass is 35.5. The number of piperazine rings is 1. The van der Waals surface area contributed by atoms with Crippen molar-refractivity contribution in [2.24, 2.45) is 0 Å². The number of hydrogen-bond donors (Lipinski definition) is 1. The highest BCUT2D eigenvalue weighted by Crippen LogP contribution is 2.29. The highest BCUT2D eigenvalue weighted by molar-refractivity contribution is 6.31. The van der Waals surface area contributed by atoms with E-state index in [9.17, 15) is 4.39 Å². The molecule has 1 saturated heterocycles. The normalized spacial score (nSPS) is 17.5. The van der Waals surface area contributed by atoms with E-state index < -0.39 is 0 Å². The lowest BCUT2D eigenvalue weighted by molar-refractivity contribution is 0.136. The van der Waals surface area contributed by atoms with Crippen molar-refractivity contribution in [3.8, 4) is 11.4 Å². The van der Waals surface area contributed by atoms with E-state index in [0.29, 0.717) is 18.3 Å². The average Bonchev–Trinajstić information content (AvgIpc) is 3.12. The van der Waals surface area contributed by atoms with Crippen molar-refractivity contribution in [2.75, 3.05) is 19.6 Å². The lowest BCUT2D eigenvalue weighted by Crippen LogP contribution is -2.45. The van der Waals surface area contributed by atoms with Crippen molar-refractivity contribution in [3.63, 3.8) is 0 Å². The third-order valence-corrected chi connectivity index (χ3v) is 4.87. The number of aromatic nitrogens is 2. The van der Waals surface area contributed by atoms with E-state index in [1.807, 2.05) is 24.3 Å². The summed E-state index contributed by atoms with van der Waals surface area (Å²) in [7, 11) is 0. The number of hydrogen-bond acceptors (Lipinski definition) is 5. The summed E-state index contributed by atoms with van der Waals surface area (Å²) < 4.78 is 18.5. The average molecular weight is 409 g/mol. The van der Waals surface area contributed by atoms with Crippen LogP contribution in [0.4, 0.5) is 4.39 Å². The van der Waals surface area contributed by atoms with Gasteiger partial charge in [-0.25, -0.2) is 4.39 Å². The summed E-state index contributed by atoms with van der Waals surface area (Å²) in [4.78, 5) is 6.74. The highest BCUT2D eigenvalue weighted by Gasteiger charge is 2.27. The fraction of sp³-hybridized carbons (Fsp3) is 0.263. The molecule has 5 nitrogen and oxygen atoms in total. The van der Waals surface area contributed by atoms with Crippen LogP contribution in [0.5, 0.6) is 0 Å². The molecule has 1 atom stereocenters. The van der Waals surface area contributed by atoms with Gasteiger partial charge in [0.05, 0.1) is 6.54 Å². The molecule has 1 N–H and O–H groups in total. The molecule has 27 heavy (non-hydrogen) atoms. The summed E-state index contributed by atoms with van der Waals surface area (Å²) in [6.07, 6.45) is 0. The smallest absolute Gasteiger partial charge is 0.241 e. The van der Waals surface area contributed by atoms with Crippen molar-refractivity contribution in [3.05, 3.63) is 70.8 Å². The van der Waals surface area contributed by atoms with Crippen molar-refractivity contribution in [1.82, 2.24) is 20.4 Å². The molecule has 0 spiro atoms. The molecule has 8 heteroatoms. The standard InChI is InChI=1S/C19H18ClFN4O.ClH/c20-16-4-2-1-3-15(16)17-11-22-9-10-25(17)12-18-23-19(24-26-18)13-5-7-14(21)8-6-13;/h1-8,17,22H,9-12H2;1H. The van der Waals surface area contributed by atoms with Crippen molar-refractivity contribution >= 4 is 24.0 Å². The van der Waals surface area contributed by atoms with E-state index in [-0.39, 0.29) is 24.3 Å². The van der Waals surface area contributed by atoms with Crippen molar-refractivity contribution in [1.29, 1.82) is 0 Å². The molecule has 2 aromatic carbocycles. The van der Waals surface area contributed by atoms with Crippen LogP contribution in [0, 0.1) is 5.82 Å². The second kappa shape index (κ2) is 8.80. The molecular weight excluding hydrogens is 390 g/mol. The molecule has 4 rings (SSSR count). The Balaban J connectivity index is 0.00000210. The molecule has 1 aromatic heterocycles. The minimum absolute atomic E-state index is 0. The van der Waals surface area contributed by atoms with E-state index >= 15 is 0 Å². The quantitative estimate of drug-likeness (QED) is 0.704. The number of nitrogens with one attached hydrogen (secondary N) is 1. The zero-order chi connectivity index (χ0) is 17.9. The summed E-state index contributed by atoms with van der Waals surface area (Å²) in [5.74, 6) is 0.702. The van der Waals surface area contributed by atoms with E-state index in [4.69, 9.17) is 16.1 Å². The molecule has 2 heterocycles. The summed E-state index contributed by atoms with van der Waals surface area (Å²) >= 11 is 6.39. The molecule has 0 saturated carbocycles. The fourth-order valence-electron chi connectivity index (χ4n) is 3.20. The molecular formula is C19H19Cl2FN4O. The number of rotatable bonds is 4. The molecule has 0 aliphatic carbocycles. The Morgan fingerprint density at radius 1 is 1.19 bits per heavy atom. The third kappa shape index (κ3) is 4.47. The lowest BCUT2D eigenvalue weighted by Gasteiger charge is -2.35. The maximum absolute atomic E-state index is 13.1. The van der Waals surface area contributed by atoms with Gasteiger partial charge in [-0.05, 0) is 35.9 Å². The lowest BCUT2D eigenvalue weighted by atomic mass is 10.0. The van der Waals surface area contributed by atoms with E-state index in [0.717, 1.165) is 35.8 Å². The fourth-order valence-corrected chi connectivity index (χ4v) is 3.46. The molecule has 0 bridgehead atoms. The Morgan fingerprint density at radius 3 is 2.74 bits per heavy atom. The second-order valence-corrected chi connectivity index (χ2v) is 6.64. The van der Waals surface area contributed by atoms with Crippen LogP contribution in [0.1, 0.15) is 17.5 Å². The summed E-state index contributed by atoms with van der Waals surface area (Å²) in [5, 5.41) is 8.18. The van der Waals surface area contributed by atoms with E-state index in [1.54, 1.807) is 12.1 Å². The number of halogens is 3. The van der Waals surface area contributed by atoms with Gasteiger partial charge >= 0.3 is 0 Å². The summed E-state index contributed by atoms with van der Waals surface area (Å²) in [6.45, 7) is 3.08. The summed E-state index contributed by atoms with van der Waals surface area (Å²) in [5.41, 5.74) is 1.81. The molecule has 1 fully saturated rings. The number of nitrogens with zero attached hydrogens (tertiary/aromatic N) is 3. The van der Waals surface area contributed by atoms with Gasteiger partial charge in [-0.1, -0.05) is 35.0 Å². The van der Waals surface area contributed by atoms with E-state index in [2.05, 4.69) is 20.4 Å². The first-order valence-electron chi connectivity index (χ1n) is 8.48. The van der Waals surface area contributed by atoms with Gasteiger partial charge in [-0.15, -0.1) is 12.4 Å². The first-order chi connectivity index (χ1) is 12.7. The zero-order valence-corrected chi connectivity index (χ0v) is 16.0. The maximum Gasteiger partial charge on any atom is 0.241 e. The van der Waals surface area contributed by atoms with Crippen LogP contribution in [-0.2, 0) is 6.54 Å². The Labute approximate surface area is 167 Å². The van der Waals surface area contributed by atoms with Gasteiger partial charge in [0, 0.05) is 36.3 Å². The second-order valence-electron chi connectivity index (χ2n) is 6.23. The topological polar surface area (TPSA) is 54.2 Å². The van der Waals surface area contributed by atoms with Crippen molar-refractivity contribution < 1.29 is 8.91 Å². The van der Waals surface area contributed by atoms with Crippen LogP contribution in [-0.4, -0.2) is 34.7 Å². The van der Waals surface area contributed by atoms with Gasteiger partial charge < -0.3 is 9.84 Å².